The Kier molecular flexibility index (Phi) is 4.23. The predicted molar refractivity (Wildman–Crippen MR) is 60.8 cm³/mol. The van der Waals surface area contributed by atoms with Gasteiger partial charge in [-0.25, -0.2) is 0 Å². The van der Waals surface area contributed by atoms with Crippen LogP contribution in [0.5, 0.6) is 5.75 Å². The molecule has 76 valence electrons. The standard InChI is InChI=1S/C9H7BrCl2O2/c1-14-9-5(7(13)4-11)2-3-6(12)8(9)10/h2-3H,4H2,1H3. The highest BCUT2D eigenvalue weighted by atomic mass is 79.9. The third-order valence-electron chi connectivity index (χ3n) is 1.68. The maximum absolute atomic E-state index is 11.4. The largest absolute Gasteiger partial charge is 0.495 e. The summed E-state index contributed by atoms with van der Waals surface area (Å²) in [5.41, 5.74) is 0.429. The van der Waals surface area contributed by atoms with Gasteiger partial charge in [0.2, 0.25) is 0 Å². The van der Waals surface area contributed by atoms with E-state index < -0.39 is 0 Å². The highest BCUT2D eigenvalue weighted by Crippen LogP contribution is 2.35. The van der Waals surface area contributed by atoms with Gasteiger partial charge in [-0.15, -0.1) is 11.6 Å². The van der Waals surface area contributed by atoms with Gasteiger partial charge < -0.3 is 4.74 Å². The Morgan fingerprint density at radius 2 is 2.21 bits per heavy atom. The number of benzene rings is 1. The van der Waals surface area contributed by atoms with Crippen LogP contribution in [0.2, 0.25) is 5.02 Å². The summed E-state index contributed by atoms with van der Waals surface area (Å²) in [6.07, 6.45) is 0. The molecule has 0 heterocycles. The number of hydrogen-bond donors (Lipinski definition) is 0. The molecule has 0 N–H and O–H groups in total. The Balaban J connectivity index is 3.31. The minimum absolute atomic E-state index is 0.0789. The van der Waals surface area contributed by atoms with Crippen molar-refractivity contribution in [2.75, 3.05) is 13.0 Å². The number of halogens is 3. The second-order valence-electron chi connectivity index (χ2n) is 2.50. The first kappa shape index (κ1) is 11.8. The van der Waals surface area contributed by atoms with Crippen molar-refractivity contribution in [2.45, 2.75) is 0 Å². The lowest BCUT2D eigenvalue weighted by molar-refractivity contribution is 0.101. The van der Waals surface area contributed by atoms with Crippen LogP contribution in [-0.2, 0) is 0 Å². The van der Waals surface area contributed by atoms with Crippen molar-refractivity contribution in [3.63, 3.8) is 0 Å². The number of carbonyl (C=O) groups is 1. The quantitative estimate of drug-likeness (QED) is 0.630. The number of methoxy groups -OCH3 is 1. The summed E-state index contributed by atoms with van der Waals surface area (Å²) in [4.78, 5) is 11.4. The molecule has 5 heteroatoms. The van der Waals surface area contributed by atoms with E-state index in [9.17, 15) is 4.79 Å². The zero-order chi connectivity index (χ0) is 10.7. The van der Waals surface area contributed by atoms with Crippen molar-refractivity contribution in [1.82, 2.24) is 0 Å². The van der Waals surface area contributed by atoms with Crippen molar-refractivity contribution in [2.24, 2.45) is 0 Å². The van der Waals surface area contributed by atoms with Gasteiger partial charge in [-0.2, -0.15) is 0 Å². The van der Waals surface area contributed by atoms with Crippen LogP contribution in [0.1, 0.15) is 10.4 Å². The van der Waals surface area contributed by atoms with Gasteiger partial charge in [0.15, 0.2) is 5.78 Å². The molecule has 0 atom stereocenters. The second kappa shape index (κ2) is 5.01. The molecule has 1 rings (SSSR count). The first-order valence-corrected chi connectivity index (χ1v) is 5.43. The average Bonchev–Trinajstić information content (AvgIpc) is 2.20. The van der Waals surface area contributed by atoms with Crippen LogP contribution in [0.4, 0.5) is 0 Å². The molecule has 0 saturated carbocycles. The second-order valence-corrected chi connectivity index (χ2v) is 3.97. The topological polar surface area (TPSA) is 26.3 Å². The molecule has 0 spiro atoms. The van der Waals surface area contributed by atoms with Gasteiger partial charge in [0.05, 0.1) is 28.0 Å². The van der Waals surface area contributed by atoms with Gasteiger partial charge in [0.1, 0.15) is 5.75 Å². The third kappa shape index (κ3) is 2.22. The normalized spacial score (nSPS) is 10.0. The molecule has 0 bridgehead atoms. The van der Waals surface area contributed by atoms with Crippen LogP contribution in [0.25, 0.3) is 0 Å². The summed E-state index contributed by atoms with van der Waals surface area (Å²) in [6, 6.07) is 3.21. The van der Waals surface area contributed by atoms with E-state index in [0.29, 0.717) is 20.8 Å². The summed E-state index contributed by atoms with van der Waals surface area (Å²) >= 11 is 14.5. The monoisotopic (exact) mass is 296 g/mol. The molecule has 0 fully saturated rings. The van der Waals surface area contributed by atoms with E-state index in [1.807, 2.05) is 0 Å². The minimum atomic E-state index is -0.194. The Morgan fingerprint density at radius 3 is 2.71 bits per heavy atom. The van der Waals surface area contributed by atoms with E-state index in [4.69, 9.17) is 27.9 Å². The maximum atomic E-state index is 11.4. The van der Waals surface area contributed by atoms with Gasteiger partial charge in [0.25, 0.3) is 0 Å². The lowest BCUT2D eigenvalue weighted by atomic mass is 10.1. The molecule has 2 nitrogen and oxygen atoms in total. The number of carbonyl (C=O) groups excluding carboxylic acids is 1. The molecule has 0 unspecified atom stereocenters. The fourth-order valence-electron chi connectivity index (χ4n) is 1.02. The third-order valence-corrected chi connectivity index (χ3v) is 3.25. The molecular weight excluding hydrogens is 291 g/mol. The fourth-order valence-corrected chi connectivity index (χ4v) is 1.82. The fraction of sp³-hybridized carbons (Fsp3) is 0.222. The van der Waals surface area contributed by atoms with Crippen LogP contribution in [0.3, 0.4) is 0 Å². The van der Waals surface area contributed by atoms with Gasteiger partial charge >= 0.3 is 0 Å². The van der Waals surface area contributed by atoms with E-state index in [1.165, 1.54) is 7.11 Å². The predicted octanol–water partition coefficient (Wildman–Crippen LogP) is 3.53. The zero-order valence-corrected chi connectivity index (χ0v) is 10.4. The minimum Gasteiger partial charge on any atom is -0.495 e. The summed E-state index contributed by atoms with van der Waals surface area (Å²) < 4.78 is 5.64. The SMILES string of the molecule is COc1c(C(=O)CCl)ccc(Cl)c1Br. The molecule has 14 heavy (non-hydrogen) atoms. The summed E-state index contributed by atoms with van der Waals surface area (Å²) in [7, 11) is 1.47. The van der Waals surface area contributed by atoms with E-state index in [0.717, 1.165) is 0 Å². The molecule has 1 aromatic rings. The van der Waals surface area contributed by atoms with Gasteiger partial charge in [-0.1, -0.05) is 11.6 Å². The zero-order valence-electron chi connectivity index (χ0n) is 7.31. The van der Waals surface area contributed by atoms with Crippen LogP contribution in [-0.4, -0.2) is 18.8 Å². The van der Waals surface area contributed by atoms with Crippen molar-refractivity contribution < 1.29 is 9.53 Å². The van der Waals surface area contributed by atoms with E-state index >= 15 is 0 Å². The maximum Gasteiger partial charge on any atom is 0.181 e. The summed E-state index contributed by atoms with van der Waals surface area (Å²) in [6.45, 7) is 0. The van der Waals surface area contributed by atoms with Crippen LogP contribution in [0, 0.1) is 0 Å². The molecule has 0 aliphatic carbocycles. The van der Waals surface area contributed by atoms with E-state index in [-0.39, 0.29) is 11.7 Å². The van der Waals surface area contributed by atoms with Crippen LogP contribution < -0.4 is 4.74 Å². The molecule has 0 saturated heterocycles. The number of rotatable bonds is 3. The highest BCUT2D eigenvalue weighted by molar-refractivity contribution is 9.10. The van der Waals surface area contributed by atoms with Crippen LogP contribution in [0.15, 0.2) is 16.6 Å². The molecule has 0 aromatic heterocycles. The molecular formula is C9H7BrCl2O2. The van der Waals surface area contributed by atoms with Crippen molar-refractivity contribution >= 4 is 44.9 Å². The number of hydrogen-bond acceptors (Lipinski definition) is 2. The first-order valence-electron chi connectivity index (χ1n) is 3.73. The number of ether oxygens (including phenoxy) is 1. The summed E-state index contributed by atoms with van der Waals surface area (Å²) in [5, 5.41) is 0.493. The van der Waals surface area contributed by atoms with Gasteiger partial charge in [-0.3, -0.25) is 4.79 Å². The molecule has 1 aromatic carbocycles. The number of alkyl halides is 1. The number of ketones is 1. The van der Waals surface area contributed by atoms with Gasteiger partial charge in [0, 0.05) is 0 Å². The Bertz CT molecular complexity index is 366. The number of Topliss-reactive ketones (excluding diaryl/α,β-unsaturated/α-hetero) is 1. The smallest absolute Gasteiger partial charge is 0.181 e. The van der Waals surface area contributed by atoms with Crippen LogP contribution >= 0.6 is 39.1 Å². The molecule has 0 aliphatic heterocycles. The lowest BCUT2D eigenvalue weighted by Crippen LogP contribution is -2.03. The first-order chi connectivity index (χ1) is 6.61. The lowest BCUT2D eigenvalue weighted by Gasteiger charge is -2.09. The molecule has 0 radical (unpaired) electrons. The van der Waals surface area contributed by atoms with Gasteiger partial charge in [-0.05, 0) is 28.1 Å². The Labute approximate surface area is 100 Å². The van der Waals surface area contributed by atoms with Crippen molar-refractivity contribution in [3.8, 4) is 5.75 Å². The van der Waals surface area contributed by atoms with Crippen molar-refractivity contribution in [3.05, 3.63) is 27.2 Å². The average molecular weight is 298 g/mol. The van der Waals surface area contributed by atoms with E-state index in [1.54, 1.807) is 12.1 Å². The Hall–Kier alpha value is -0.250. The Morgan fingerprint density at radius 1 is 1.57 bits per heavy atom. The van der Waals surface area contributed by atoms with E-state index in [2.05, 4.69) is 15.9 Å². The molecule has 0 amide bonds. The summed E-state index contributed by atoms with van der Waals surface area (Å²) in [5.74, 6) is 0.147. The van der Waals surface area contributed by atoms with Crippen molar-refractivity contribution in [1.29, 1.82) is 0 Å². The highest BCUT2D eigenvalue weighted by Gasteiger charge is 2.15. The molecule has 0 aliphatic rings.